The second-order valence-electron chi connectivity index (χ2n) is 3.94. The number of hydrogen-bond donors (Lipinski definition) is 2. The van der Waals surface area contributed by atoms with Crippen molar-refractivity contribution in [1.29, 1.82) is 0 Å². The highest BCUT2D eigenvalue weighted by Gasteiger charge is 2.00. The third-order valence-corrected chi connectivity index (χ3v) is 3.13. The van der Waals surface area contributed by atoms with Crippen LogP contribution in [-0.2, 0) is 0 Å². The third-order valence-electron chi connectivity index (χ3n) is 2.44. The third kappa shape index (κ3) is 3.47. The number of rotatable bonds is 5. The molecule has 94 valence electrons. The van der Waals surface area contributed by atoms with Crippen LogP contribution in [0.4, 0.5) is 17.3 Å². The van der Waals surface area contributed by atoms with Gasteiger partial charge in [-0.3, -0.25) is 0 Å². The van der Waals surface area contributed by atoms with Gasteiger partial charge in [-0.05, 0) is 46.6 Å². The number of benzene rings is 1. The van der Waals surface area contributed by atoms with Gasteiger partial charge in [0.25, 0.3) is 0 Å². The number of anilines is 3. The van der Waals surface area contributed by atoms with Crippen molar-refractivity contribution in [3.05, 3.63) is 46.9 Å². The molecule has 0 fully saturated rings. The van der Waals surface area contributed by atoms with Crippen molar-refractivity contribution in [3.8, 4) is 0 Å². The van der Waals surface area contributed by atoms with E-state index in [9.17, 15) is 0 Å². The van der Waals surface area contributed by atoms with E-state index in [2.05, 4.69) is 38.5 Å². The minimum atomic E-state index is 0.836. The Balaban J connectivity index is 2.12. The number of aromatic nitrogens is 1. The molecule has 0 saturated heterocycles. The molecule has 1 aromatic carbocycles. The molecule has 0 radical (unpaired) electrons. The minimum Gasteiger partial charge on any atom is -0.370 e. The second kappa shape index (κ2) is 6.40. The van der Waals surface area contributed by atoms with Crippen LogP contribution >= 0.6 is 15.9 Å². The molecule has 1 aromatic heterocycles. The highest BCUT2D eigenvalue weighted by atomic mass is 79.9. The summed E-state index contributed by atoms with van der Waals surface area (Å²) in [5.41, 5.74) is 1.01. The van der Waals surface area contributed by atoms with Crippen molar-refractivity contribution in [2.75, 3.05) is 17.2 Å². The topological polar surface area (TPSA) is 37.0 Å². The summed E-state index contributed by atoms with van der Waals surface area (Å²) in [6, 6.07) is 13.9. The monoisotopic (exact) mass is 305 g/mol. The molecular weight excluding hydrogens is 290 g/mol. The minimum absolute atomic E-state index is 0.836. The van der Waals surface area contributed by atoms with Gasteiger partial charge < -0.3 is 10.6 Å². The first-order chi connectivity index (χ1) is 8.79. The molecule has 0 unspecified atom stereocenters. The predicted octanol–water partition coefficient (Wildman–Crippen LogP) is 4.41. The molecule has 0 aliphatic rings. The fourth-order valence-corrected chi connectivity index (χ4v) is 1.94. The van der Waals surface area contributed by atoms with E-state index in [1.165, 1.54) is 0 Å². The number of pyridine rings is 1. The van der Waals surface area contributed by atoms with Gasteiger partial charge in [0.2, 0.25) is 0 Å². The molecule has 2 aromatic rings. The number of para-hydroxylation sites is 1. The lowest BCUT2D eigenvalue weighted by Crippen LogP contribution is -2.03. The summed E-state index contributed by atoms with van der Waals surface area (Å²) < 4.78 is 1.03. The standard InChI is InChI=1S/C14H16BrN3/c1-2-10-16-13-8-5-9-14(18-13)17-12-7-4-3-6-11(12)15/h3-9H,2,10H2,1H3,(H2,16,17,18). The summed E-state index contributed by atoms with van der Waals surface area (Å²) in [5.74, 6) is 1.73. The Morgan fingerprint density at radius 2 is 1.83 bits per heavy atom. The molecule has 0 saturated carbocycles. The van der Waals surface area contributed by atoms with Gasteiger partial charge in [0, 0.05) is 11.0 Å². The summed E-state index contributed by atoms with van der Waals surface area (Å²) in [4.78, 5) is 4.50. The normalized spacial score (nSPS) is 10.1. The lowest BCUT2D eigenvalue weighted by Gasteiger charge is -2.09. The number of hydrogen-bond acceptors (Lipinski definition) is 3. The number of nitrogens with one attached hydrogen (secondary N) is 2. The van der Waals surface area contributed by atoms with Crippen molar-refractivity contribution in [2.24, 2.45) is 0 Å². The van der Waals surface area contributed by atoms with Gasteiger partial charge in [-0.2, -0.15) is 0 Å². The van der Waals surface area contributed by atoms with Crippen LogP contribution in [-0.4, -0.2) is 11.5 Å². The average Bonchev–Trinajstić information content (AvgIpc) is 2.40. The molecule has 2 rings (SSSR count). The maximum Gasteiger partial charge on any atom is 0.132 e. The van der Waals surface area contributed by atoms with Crippen molar-refractivity contribution in [2.45, 2.75) is 13.3 Å². The molecule has 0 aliphatic heterocycles. The number of halogens is 1. The zero-order chi connectivity index (χ0) is 12.8. The van der Waals surface area contributed by atoms with Gasteiger partial charge in [0.1, 0.15) is 11.6 Å². The van der Waals surface area contributed by atoms with Crippen molar-refractivity contribution >= 4 is 33.3 Å². The summed E-state index contributed by atoms with van der Waals surface area (Å²) in [6.45, 7) is 3.07. The van der Waals surface area contributed by atoms with Gasteiger partial charge in [-0.25, -0.2) is 4.98 Å². The van der Waals surface area contributed by atoms with Gasteiger partial charge in [-0.15, -0.1) is 0 Å². The van der Waals surface area contributed by atoms with Crippen molar-refractivity contribution in [3.63, 3.8) is 0 Å². The molecule has 0 bridgehead atoms. The van der Waals surface area contributed by atoms with Crippen LogP contribution in [0.2, 0.25) is 0 Å². The fourth-order valence-electron chi connectivity index (χ4n) is 1.56. The van der Waals surface area contributed by atoms with Crippen molar-refractivity contribution < 1.29 is 0 Å². The summed E-state index contributed by atoms with van der Waals surface area (Å²) in [5, 5.41) is 6.56. The molecule has 0 spiro atoms. The van der Waals surface area contributed by atoms with E-state index in [-0.39, 0.29) is 0 Å². The SMILES string of the molecule is CCCNc1cccc(Nc2ccccc2Br)n1. The van der Waals surface area contributed by atoms with Crippen LogP contribution in [0, 0.1) is 0 Å². The molecule has 0 amide bonds. The van der Waals surface area contributed by atoms with Crippen LogP contribution in [0.3, 0.4) is 0 Å². The first-order valence-electron chi connectivity index (χ1n) is 6.02. The summed E-state index contributed by atoms with van der Waals surface area (Å²) in [6.07, 6.45) is 1.09. The maximum absolute atomic E-state index is 4.50. The molecule has 4 heteroatoms. The first-order valence-corrected chi connectivity index (χ1v) is 6.81. The fraction of sp³-hybridized carbons (Fsp3) is 0.214. The van der Waals surface area contributed by atoms with Gasteiger partial charge in [0.15, 0.2) is 0 Å². The second-order valence-corrected chi connectivity index (χ2v) is 4.79. The highest BCUT2D eigenvalue weighted by molar-refractivity contribution is 9.10. The molecular formula is C14H16BrN3. The predicted molar refractivity (Wildman–Crippen MR) is 80.4 cm³/mol. The van der Waals surface area contributed by atoms with E-state index in [0.29, 0.717) is 0 Å². The molecule has 0 aliphatic carbocycles. The Bertz CT molecular complexity index is 514. The molecule has 2 N–H and O–H groups in total. The van der Waals surface area contributed by atoms with Gasteiger partial charge in [0.05, 0.1) is 5.69 Å². The Hall–Kier alpha value is -1.55. The molecule has 0 atom stereocenters. The van der Waals surface area contributed by atoms with Crippen LogP contribution in [0.15, 0.2) is 46.9 Å². The van der Waals surface area contributed by atoms with Crippen molar-refractivity contribution in [1.82, 2.24) is 4.98 Å². The number of nitrogens with zero attached hydrogens (tertiary/aromatic N) is 1. The molecule has 1 heterocycles. The first kappa shape index (κ1) is 12.9. The van der Waals surface area contributed by atoms with E-state index in [1.807, 2.05) is 42.5 Å². The zero-order valence-electron chi connectivity index (χ0n) is 10.3. The van der Waals surface area contributed by atoms with Crippen LogP contribution in [0.5, 0.6) is 0 Å². The maximum atomic E-state index is 4.50. The lowest BCUT2D eigenvalue weighted by molar-refractivity contribution is 0.970. The van der Waals surface area contributed by atoms with E-state index >= 15 is 0 Å². The van der Waals surface area contributed by atoms with Crippen LogP contribution < -0.4 is 10.6 Å². The van der Waals surface area contributed by atoms with E-state index in [1.54, 1.807) is 0 Å². The smallest absolute Gasteiger partial charge is 0.132 e. The van der Waals surface area contributed by atoms with Crippen LogP contribution in [0.1, 0.15) is 13.3 Å². The highest BCUT2D eigenvalue weighted by Crippen LogP contribution is 2.24. The van der Waals surface area contributed by atoms with Crippen LogP contribution in [0.25, 0.3) is 0 Å². The quantitative estimate of drug-likeness (QED) is 0.859. The Labute approximate surface area is 116 Å². The zero-order valence-corrected chi connectivity index (χ0v) is 11.9. The summed E-state index contributed by atoms with van der Waals surface area (Å²) in [7, 11) is 0. The average molecular weight is 306 g/mol. The summed E-state index contributed by atoms with van der Waals surface area (Å²) >= 11 is 3.51. The Morgan fingerprint density at radius 3 is 2.61 bits per heavy atom. The van der Waals surface area contributed by atoms with E-state index in [0.717, 1.165) is 34.8 Å². The molecule has 18 heavy (non-hydrogen) atoms. The van der Waals surface area contributed by atoms with Gasteiger partial charge >= 0.3 is 0 Å². The van der Waals surface area contributed by atoms with E-state index in [4.69, 9.17) is 0 Å². The molecule has 3 nitrogen and oxygen atoms in total. The lowest BCUT2D eigenvalue weighted by atomic mass is 10.3. The largest absolute Gasteiger partial charge is 0.370 e. The van der Waals surface area contributed by atoms with Gasteiger partial charge in [-0.1, -0.05) is 25.1 Å². The van der Waals surface area contributed by atoms with E-state index < -0.39 is 0 Å². The Kier molecular flexibility index (Phi) is 4.59. The Morgan fingerprint density at radius 1 is 1.06 bits per heavy atom.